The molecule has 2 rings (SSSR count). The van der Waals surface area contributed by atoms with E-state index in [4.69, 9.17) is 0 Å². The summed E-state index contributed by atoms with van der Waals surface area (Å²) in [5.74, 6) is 0.0819. The van der Waals surface area contributed by atoms with Crippen molar-refractivity contribution in [1.29, 1.82) is 0 Å². The monoisotopic (exact) mass is 180 g/mol. The van der Waals surface area contributed by atoms with E-state index in [1.165, 1.54) is 25.3 Å². The second-order valence-corrected chi connectivity index (χ2v) is 3.94. The van der Waals surface area contributed by atoms with Crippen molar-refractivity contribution >= 4 is 5.91 Å². The average Bonchev–Trinajstić information content (AvgIpc) is 2.16. The van der Waals surface area contributed by atoms with Gasteiger partial charge in [-0.25, -0.2) is 0 Å². The third-order valence-corrected chi connectivity index (χ3v) is 2.94. The lowest BCUT2D eigenvalue weighted by Crippen LogP contribution is -2.59. The van der Waals surface area contributed by atoms with Gasteiger partial charge in [-0.15, -0.1) is 0 Å². The van der Waals surface area contributed by atoms with Gasteiger partial charge in [0.25, 0.3) is 0 Å². The summed E-state index contributed by atoms with van der Waals surface area (Å²) in [4.78, 5) is 13.3. The molecule has 2 bridgehead atoms. The standard InChI is InChI=1S/C10H16N2O/c1-2-10(13)12-6-8-4-3-5-9(7-12)11-8/h2,8-9,11H,1,3-7H2/t8-,9+. The Morgan fingerprint density at radius 1 is 1.38 bits per heavy atom. The molecule has 3 nitrogen and oxygen atoms in total. The zero-order chi connectivity index (χ0) is 9.26. The Bertz CT molecular complexity index is 215. The van der Waals surface area contributed by atoms with Crippen LogP contribution >= 0.6 is 0 Å². The van der Waals surface area contributed by atoms with Crippen LogP contribution in [-0.4, -0.2) is 36.0 Å². The van der Waals surface area contributed by atoms with E-state index >= 15 is 0 Å². The Labute approximate surface area is 78.8 Å². The molecule has 1 amide bonds. The van der Waals surface area contributed by atoms with E-state index in [0.29, 0.717) is 12.1 Å². The highest BCUT2D eigenvalue weighted by atomic mass is 16.2. The third kappa shape index (κ3) is 1.75. The van der Waals surface area contributed by atoms with Crippen molar-refractivity contribution in [2.75, 3.05) is 13.1 Å². The van der Waals surface area contributed by atoms with E-state index < -0.39 is 0 Å². The van der Waals surface area contributed by atoms with E-state index in [1.54, 1.807) is 0 Å². The van der Waals surface area contributed by atoms with Crippen molar-refractivity contribution < 1.29 is 4.79 Å². The molecule has 1 N–H and O–H groups in total. The first-order valence-electron chi connectivity index (χ1n) is 4.97. The molecule has 2 atom stereocenters. The first kappa shape index (κ1) is 8.75. The number of likely N-dealkylation sites (tertiary alicyclic amines) is 1. The SMILES string of the molecule is C=CC(=O)N1C[C@H]2CCC[C@@H](C1)N2. The number of carbonyl (C=O) groups excluding carboxylic acids is 1. The van der Waals surface area contributed by atoms with Gasteiger partial charge in [0, 0.05) is 25.2 Å². The van der Waals surface area contributed by atoms with Crippen LogP contribution in [0.3, 0.4) is 0 Å². The molecule has 0 aromatic rings. The molecule has 72 valence electrons. The predicted octanol–water partition coefficient (Wildman–Crippen LogP) is 0.525. The first-order valence-corrected chi connectivity index (χ1v) is 4.97. The molecule has 0 saturated carbocycles. The lowest BCUT2D eigenvalue weighted by Gasteiger charge is -2.42. The molecule has 0 aromatic carbocycles. The van der Waals surface area contributed by atoms with Gasteiger partial charge in [0.05, 0.1) is 0 Å². The molecule has 2 heterocycles. The molecular weight excluding hydrogens is 164 g/mol. The number of piperidine rings is 1. The molecule has 13 heavy (non-hydrogen) atoms. The zero-order valence-electron chi connectivity index (χ0n) is 7.83. The fourth-order valence-electron chi connectivity index (χ4n) is 2.31. The fourth-order valence-corrected chi connectivity index (χ4v) is 2.31. The molecule has 2 fully saturated rings. The second-order valence-electron chi connectivity index (χ2n) is 3.94. The summed E-state index contributed by atoms with van der Waals surface area (Å²) in [5.41, 5.74) is 0. The summed E-state index contributed by atoms with van der Waals surface area (Å²) in [6.45, 7) is 5.24. The number of fused-ring (bicyclic) bond motifs is 2. The highest BCUT2D eigenvalue weighted by molar-refractivity contribution is 5.87. The van der Waals surface area contributed by atoms with Gasteiger partial charge < -0.3 is 10.2 Å². The molecule has 2 aliphatic rings. The molecular formula is C10H16N2O. The maximum Gasteiger partial charge on any atom is 0.246 e. The third-order valence-electron chi connectivity index (χ3n) is 2.94. The van der Waals surface area contributed by atoms with Crippen LogP contribution in [0.15, 0.2) is 12.7 Å². The molecule has 2 saturated heterocycles. The molecule has 0 unspecified atom stereocenters. The molecule has 2 aliphatic heterocycles. The lowest BCUT2D eigenvalue weighted by molar-refractivity contribution is -0.128. The van der Waals surface area contributed by atoms with Crippen LogP contribution in [-0.2, 0) is 4.79 Å². The summed E-state index contributed by atoms with van der Waals surface area (Å²) in [7, 11) is 0. The van der Waals surface area contributed by atoms with E-state index in [-0.39, 0.29) is 5.91 Å². The first-order chi connectivity index (χ1) is 6.29. The smallest absolute Gasteiger partial charge is 0.246 e. The molecule has 0 spiro atoms. The second kappa shape index (κ2) is 3.50. The Morgan fingerprint density at radius 3 is 2.54 bits per heavy atom. The maximum atomic E-state index is 11.4. The van der Waals surface area contributed by atoms with Crippen LogP contribution in [0.5, 0.6) is 0 Å². The minimum atomic E-state index is 0.0819. The number of hydrogen-bond donors (Lipinski definition) is 1. The van der Waals surface area contributed by atoms with Crippen LogP contribution in [0.4, 0.5) is 0 Å². The summed E-state index contributed by atoms with van der Waals surface area (Å²) in [6, 6.07) is 1.05. The highest BCUT2D eigenvalue weighted by Gasteiger charge is 2.30. The van der Waals surface area contributed by atoms with Gasteiger partial charge in [0.1, 0.15) is 0 Å². The summed E-state index contributed by atoms with van der Waals surface area (Å²) in [6.07, 6.45) is 5.13. The predicted molar refractivity (Wildman–Crippen MR) is 51.3 cm³/mol. The Morgan fingerprint density at radius 2 is 2.00 bits per heavy atom. The fraction of sp³-hybridized carbons (Fsp3) is 0.700. The molecule has 0 aliphatic carbocycles. The van der Waals surface area contributed by atoms with E-state index in [9.17, 15) is 4.79 Å². The van der Waals surface area contributed by atoms with Crippen LogP contribution in [0.25, 0.3) is 0 Å². The van der Waals surface area contributed by atoms with Crippen molar-refractivity contribution in [3.05, 3.63) is 12.7 Å². The minimum Gasteiger partial charge on any atom is -0.336 e. The van der Waals surface area contributed by atoms with Crippen molar-refractivity contribution in [2.45, 2.75) is 31.3 Å². The largest absolute Gasteiger partial charge is 0.336 e. The summed E-state index contributed by atoms with van der Waals surface area (Å²) >= 11 is 0. The van der Waals surface area contributed by atoms with Gasteiger partial charge >= 0.3 is 0 Å². The van der Waals surface area contributed by atoms with Gasteiger partial charge in [-0.3, -0.25) is 4.79 Å². The maximum absolute atomic E-state index is 11.4. The van der Waals surface area contributed by atoms with E-state index in [2.05, 4.69) is 11.9 Å². The van der Waals surface area contributed by atoms with Crippen LogP contribution < -0.4 is 5.32 Å². The number of nitrogens with one attached hydrogen (secondary N) is 1. The van der Waals surface area contributed by atoms with Crippen molar-refractivity contribution in [3.63, 3.8) is 0 Å². The Kier molecular flexibility index (Phi) is 2.36. The quantitative estimate of drug-likeness (QED) is 0.597. The van der Waals surface area contributed by atoms with E-state index in [1.807, 2.05) is 4.90 Å². The molecule has 0 radical (unpaired) electrons. The van der Waals surface area contributed by atoms with Crippen molar-refractivity contribution in [1.82, 2.24) is 10.2 Å². The van der Waals surface area contributed by atoms with Crippen molar-refractivity contribution in [2.24, 2.45) is 0 Å². The van der Waals surface area contributed by atoms with Gasteiger partial charge in [-0.2, -0.15) is 0 Å². The van der Waals surface area contributed by atoms with Crippen LogP contribution in [0.1, 0.15) is 19.3 Å². The van der Waals surface area contributed by atoms with Gasteiger partial charge in [-0.05, 0) is 18.9 Å². The number of rotatable bonds is 1. The zero-order valence-corrected chi connectivity index (χ0v) is 7.83. The van der Waals surface area contributed by atoms with Crippen molar-refractivity contribution in [3.8, 4) is 0 Å². The van der Waals surface area contributed by atoms with Crippen LogP contribution in [0, 0.1) is 0 Å². The van der Waals surface area contributed by atoms with E-state index in [0.717, 1.165) is 13.1 Å². The van der Waals surface area contributed by atoms with Gasteiger partial charge in [0.2, 0.25) is 5.91 Å². The Balaban J connectivity index is 2.01. The topological polar surface area (TPSA) is 32.3 Å². The number of hydrogen-bond acceptors (Lipinski definition) is 2. The summed E-state index contributed by atoms with van der Waals surface area (Å²) in [5, 5.41) is 3.53. The van der Waals surface area contributed by atoms with Gasteiger partial charge in [0.15, 0.2) is 0 Å². The van der Waals surface area contributed by atoms with Crippen LogP contribution in [0.2, 0.25) is 0 Å². The number of carbonyl (C=O) groups is 1. The number of nitrogens with zero attached hydrogens (tertiary/aromatic N) is 1. The minimum absolute atomic E-state index is 0.0819. The lowest BCUT2D eigenvalue weighted by atomic mass is 9.94. The highest BCUT2D eigenvalue weighted by Crippen LogP contribution is 2.19. The normalized spacial score (nSPS) is 32.8. The van der Waals surface area contributed by atoms with Gasteiger partial charge in [-0.1, -0.05) is 13.0 Å². The molecule has 0 aromatic heterocycles. The number of piperazine rings is 1. The average molecular weight is 180 g/mol. The summed E-state index contributed by atoms with van der Waals surface area (Å²) < 4.78 is 0. The number of amides is 1. The molecule has 3 heteroatoms. The Hall–Kier alpha value is -0.830.